The van der Waals surface area contributed by atoms with Gasteiger partial charge in [0.25, 0.3) is 11.8 Å². The van der Waals surface area contributed by atoms with Gasteiger partial charge in [-0.25, -0.2) is 0 Å². The number of hydrogen-bond acceptors (Lipinski definition) is 6. The molecule has 8 nitrogen and oxygen atoms in total. The molecule has 0 bridgehead atoms. The molecule has 2 aliphatic heterocycles. The number of carbonyl (C=O) groups is 3. The van der Waals surface area contributed by atoms with Crippen molar-refractivity contribution >= 4 is 39.9 Å². The Morgan fingerprint density at radius 3 is 2.55 bits per heavy atom. The van der Waals surface area contributed by atoms with Gasteiger partial charge < -0.3 is 4.90 Å². The molecule has 1 aromatic carbocycles. The summed E-state index contributed by atoms with van der Waals surface area (Å²) in [5.41, 5.74) is -0.509. The number of benzene rings is 1. The van der Waals surface area contributed by atoms with Crippen LogP contribution in [0.15, 0.2) is 24.3 Å². The zero-order valence-corrected chi connectivity index (χ0v) is 17.6. The number of amides is 3. The summed E-state index contributed by atoms with van der Waals surface area (Å²) in [5.74, 6) is -0.676. The second kappa shape index (κ2) is 6.91. The van der Waals surface area contributed by atoms with Crippen LogP contribution in [0.1, 0.15) is 61.8 Å². The summed E-state index contributed by atoms with van der Waals surface area (Å²) in [5, 5.41) is 12.2. The largest absolute Gasteiger partial charge is 0.304 e. The normalized spacial score (nSPS) is 21.0. The smallest absolute Gasteiger partial charge is 0.273 e. The third-order valence-corrected chi connectivity index (χ3v) is 6.47. The van der Waals surface area contributed by atoms with E-state index < -0.39 is 11.6 Å². The van der Waals surface area contributed by atoms with Crippen molar-refractivity contribution in [2.45, 2.75) is 58.2 Å². The maximum Gasteiger partial charge on any atom is 0.273 e. The molecule has 1 atom stereocenters. The molecule has 0 aliphatic carbocycles. The van der Waals surface area contributed by atoms with Gasteiger partial charge in [-0.05, 0) is 26.0 Å². The van der Waals surface area contributed by atoms with E-state index in [9.17, 15) is 14.4 Å². The first kappa shape index (κ1) is 19.5. The molecule has 1 aromatic heterocycles. The Morgan fingerprint density at radius 1 is 1.17 bits per heavy atom. The Bertz CT molecular complexity index is 1000. The van der Waals surface area contributed by atoms with E-state index in [1.807, 2.05) is 27.7 Å². The zero-order chi connectivity index (χ0) is 20.9. The highest BCUT2D eigenvalue weighted by molar-refractivity contribution is 7.15. The van der Waals surface area contributed by atoms with Gasteiger partial charge in [-0.3, -0.25) is 24.6 Å². The minimum Gasteiger partial charge on any atom is -0.304 e. The average Bonchev–Trinajstić information content (AvgIpc) is 3.27. The summed E-state index contributed by atoms with van der Waals surface area (Å²) in [4.78, 5) is 42.9. The molecule has 3 amide bonds. The molecule has 2 aliphatic rings. The van der Waals surface area contributed by atoms with Gasteiger partial charge >= 0.3 is 0 Å². The van der Waals surface area contributed by atoms with Crippen LogP contribution in [0.4, 0.5) is 10.8 Å². The van der Waals surface area contributed by atoms with Crippen LogP contribution >= 0.6 is 11.3 Å². The molecule has 1 saturated heterocycles. The molecule has 0 spiro atoms. The van der Waals surface area contributed by atoms with Gasteiger partial charge in [0.2, 0.25) is 16.7 Å². The van der Waals surface area contributed by atoms with Crippen molar-refractivity contribution in [1.82, 2.24) is 15.1 Å². The van der Waals surface area contributed by atoms with E-state index in [4.69, 9.17) is 0 Å². The van der Waals surface area contributed by atoms with E-state index in [0.29, 0.717) is 16.4 Å². The predicted molar refractivity (Wildman–Crippen MR) is 110 cm³/mol. The first-order valence-corrected chi connectivity index (χ1v) is 10.5. The third-order valence-electron chi connectivity index (χ3n) is 5.33. The molecular formula is C20H23N5O3S. The topological polar surface area (TPSA) is 95.5 Å². The van der Waals surface area contributed by atoms with Crippen molar-refractivity contribution in [3.8, 4) is 0 Å². The van der Waals surface area contributed by atoms with Crippen LogP contribution in [0.5, 0.6) is 0 Å². The Morgan fingerprint density at radius 2 is 1.90 bits per heavy atom. The molecule has 4 rings (SSSR count). The fourth-order valence-corrected chi connectivity index (χ4v) is 4.86. The molecule has 9 heteroatoms. The zero-order valence-electron chi connectivity index (χ0n) is 16.8. The van der Waals surface area contributed by atoms with Crippen LogP contribution in [0.2, 0.25) is 0 Å². The van der Waals surface area contributed by atoms with Gasteiger partial charge in [0.15, 0.2) is 0 Å². The van der Waals surface area contributed by atoms with Crippen LogP contribution in [-0.2, 0) is 9.59 Å². The summed E-state index contributed by atoms with van der Waals surface area (Å²) in [6.45, 7) is 7.70. The Hall–Kier alpha value is -2.81. The lowest BCUT2D eigenvalue weighted by atomic mass is 9.94. The highest BCUT2D eigenvalue weighted by Crippen LogP contribution is 2.46. The molecule has 0 saturated carbocycles. The number of fused-ring (bicyclic) bond motifs is 3. The summed E-state index contributed by atoms with van der Waals surface area (Å²) in [6.07, 6.45) is 0.414. The van der Waals surface area contributed by atoms with E-state index in [2.05, 4.69) is 15.5 Å². The standard InChI is InChI=1S/C20H23N5O3S/c1-11(2)16-22-23-19(29-16)21-18(28)20-10-9-15(26)25(20)14-8-6-5-7-13(14)17(27)24(20)12(3)4/h5-8,11-12H,9-10H2,1-4H3,(H,21,23,28)/t20-/m1/s1. The highest BCUT2D eigenvalue weighted by atomic mass is 32.1. The summed E-state index contributed by atoms with van der Waals surface area (Å²) >= 11 is 1.30. The second-order valence-electron chi connectivity index (χ2n) is 7.89. The highest BCUT2D eigenvalue weighted by Gasteiger charge is 2.61. The van der Waals surface area contributed by atoms with E-state index >= 15 is 0 Å². The SMILES string of the molecule is CC(C)c1nnc(NC(=O)[C@@]23CCC(=O)N2c2ccccc2C(=O)N3C(C)C)s1. The van der Waals surface area contributed by atoms with Crippen LogP contribution in [-0.4, -0.2) is 44.5 Å². The van der Waals surface area contributed by atoms with Crippen LogP contribution < -0.4 is 10.2 Å². The fraction of sp³-hybridized carbons (Fsp3) is 0.450. The van der Waals surface area contributed by atoms with Crippen molar-refractivity contribution in [3.63, 3.8) is 0 Å². The number of hydrogen-bond donors (Lipinski definition) is 1. The first-order chi connectivity index (χ1) is 13.8. The minimum absolute atomic E-state index is 0.175. The predicted octanol–water partition coefficient (Wildman–Crippen LogP) is 2.99. The number of nitrogens with one attached hydrogen (secondary N) is 1. The summed E-state index contributed by atoms with van der Waals surface area (Å²) in [6, 6.07) is 6.66. The molecule has 1 fully saturated rings. The van der Waals surface area contributed by atoms with Crippen molar-refractivity contribution in [2.75, 3.05) is 10.2 Å². The third kappa shape index (κ3) is 2.83. The van der Waals surface area contributed by atoms with E-state index in [0.717, 1.165) is 5.01 Å². The van der Waals surface area contributed by atoms with Crippen LogP contribution in [0, 0.1) is 0 Å². The number of nitrogens with zero attached hydrogens (tertiary/aromatic N) is 4. The number of carbonyl (C=O) groups excluding carboxylic acids is 3. The van der Waals surface area contributed by atoms with Crippen molar-refractivity contribution in [1.29, 1.82) is 0 Å². The molecule has 2 aromatic rings. The van der Waals surface area contributed by atoms with Crippen molar-refractivity contribution in [3.05, 3.63) is 34.8 Å². The van der Waals surface area contributed by atoms with Crippen molar-refractivity contribution < 1.29 is 14.4 Å². The molecule has 1 N–H and O–H groups in total. The van der Waals surface area contributed by atoms with Crippen molar-refractivity contribution in [2.24, 2.45) is 0 Å². The summed E-state index contributed by atoms with van der Waals surface area (Å²) in [7, 11) is 0. The molecule has 152 valence electrons. The average molecular weight is 414 g/mol. The van der Waals surface area contributed by atoms with Gasteiger partial charge in [-0.1, -0.05) is 37.3 Å². The van der Waals surface area contributed by atoms with Gasteiger partial charge in [-0.2, -0.15) is 0 Å². The minimum atomic E-state index is -1.42. The number of anilines is 2. The number of rotatable bonds is 4. The molecular weight excluding hydrogens is 390 g/mol. The Balaban J connectivity index is 1.82. The number of aromatic nitrogens is 2. The lowest BCUT2D eigenvalue weighted by Crippen LogP contribution is -2.70. The van der Waals surface area contributed by atoms with E-state index in [1.165, 1.54) is 21.1 Å². The summed E-state index contributed by atoms with van der Waals surface area (Å²) < 4.78 is 0. The fourth-order valence-electron chi connectivity index (χ4n) is 4.12. The Kier molecular flexibility index (Phi) is 4.65. The van der Waals surface area contributed by atoms with Crippen LogP contribution in [0.25, 0.3) is 0 Å². The number of para-hydroxylation sites is 1. The Labute approximate surface area is 172 Å². The van der Waals surface area contributed by atoms with E-state index in [-0.39, 0.29) is 36.6 Å². The quantitative estimate of drug-likeness (QED) is 0.831. The molecule has 3 heterocycles. The second-order valence-corrected chi connectivity index (χ2v) is 8.90. The molecule has 0 radical (unpaired) electrons. The van der Waals surface area contributed by atoms with Gasteiger partial charge in [0.1, 0.15) is 5.01 Å². The lowest BCUT2D eigenvalue weighted by molar-refractivity contribution is -0.129. The van der Waals surface area contributed by atoms with Gasteiger partial charge in [0.05, 0.1) is 11.3 Å². The van der Waals surface area contributed by atoms with Gasteiger partial charge in [-0.15, -0.1) is 10.2 Å². The van der Waals surface area contributed by atoms with Gasteiger partial charge in [0, 0.05) is 24.8 Å². The van der Waals surface area contributed by atoms with E-state index in [1.54, 1.807) is 24.3 Å². The maximum absolute atomic E-state index is 13.6. The first-order valence-electron chi connectivity index (χ1n) is 9.68. The monoisotopic (exact) mass is 413 g/mol. The molecule has 0 unspecified atom stereocenters. The molecule has 29 heavy (non-hydrogen) atoms. The lowest BCUT2D eigenvalue weighted by Gasteiger charge is -2.50. The van der Waals surface area contributed by atoms with Crippen LogP contribution in [0.3, 0.4) is 0 Å². The maximum atomic E-state index is 13.6.